The predicted molar refractivity (Wildman–Crippen MR) is 65.3 cm³/mol. The highest BCUT2D eigenvalue weighted by Gasteiger charge is 2.32. The summed E-state index contributed by atoms with van der Waals surface area (Å²) in [4.78, 5) is 0. The van der Waals surface area contributed by atoms with Crippen LogP contribution in [0.3, 0.4) is 0 Å². The number of halogens is 1. The number of benzene rings is 1. The van der Waals surface area contributed by atoms with Crippen molar-refractivity contribution in [3.05, 3.63) is 33.8 Å². The van der Waals surface area contributed by atoms with Crippen LogP contribution in [0.15, 0.2) is 12.1 Å². The Morgan fingerprint density at radius 1 is 1.20 bits per heavy atom. The van der Waals surface area contributed by atoms with Gasteiger partial charge in [-0.3, -0.25) is 0 Å². The zero-order valence-corrected chi connectivity index (χ0v) is 10.2. The summed E-state index contributed by atoms with van der Waals surface area (Å²) < 4.78 is 0. The van der Waals surface area contributed by atoms with Crippen molar-refractivity contribution in [1.29, 1.82) is 0 Å². The molecule has 0 aliphatic heterocycles. The summed E-state index contributed by atoms with van der Waals surface area (Å²) in [5.74, 6) is 0. The van der Waals surface area contributed by atoms with Crippen molar-refractivity contribution >= 4 is 11.6 Å². The molecule has 0 unspecified atom stereocenters. The fourth-order valence-electron chi connectivity index (χ4n) is 2.61. The Morgan fingerprint density at radius 2 is 1.80 bits per heavy atom. The fraction of sp³-hybridized carbons (Fsp3) is 0.538. The molecule has 0 radical (unpaired) electrons. The smallest absolute Gasteiger partial charge is 0.0412 e. The van der Waals surface area contributed by atoms with Gasteiger partial charge in [0.2, 0.25) is 0 Å². The molecule has 1 aliphatic rings. The molecular weight excluding hydrogens is 206 g/mol. The van der Waals surface area contributed by atoms with Crippen molar-refractivity contribution in [3.8, 4) is 0 Å². The van der Waals surface area contributed by atoms with Crippen LogP contribution in [0.2, 0.25) is 5.02 Å². The van der Waals surface area contributed by atoms with E-state index in [-0.39, 0.29) is 5.54 Å². The number of rotatable bonds is 1. The number of aryl methyl sites for hydroxylation is 1. The summed E-state index contributed by atoms with van der Waals surface area (Å²) in [5, 5.41) is 0.810. The van der Waals surface area contributed by atoms with Crippen molar-refractivity contribution in [2.24, 2.45) is 5.73 Å². The highest BCUT2D eigenvalue weighted by molar-refractivity contribution is 6.30. The second-order valence-corrected chi connectivity index (χ2v) is 5.19. The highest BCUT2D eigenvalue weighted by atomic mass is 35.5. The molecule has 0 heterocycles. The maximum absolute atomic E-state index is 6.46. The number of hydrogen-bond acceptors (Lipinski definition) is 1. The first-order chi connectivity index (χ1) is 7.03. The van der Waals surface area contributed by atoms with Crippen molar-refractivity contribution in [1.82, 2.24) is 0 Å². The third-order valence-corrected chi connectivity index (χ3v) is 3.88. The monoisotopic (exact) mass is 223 g/mol. The van der Waals surface area contributed by atoms with Crippen LogP contribution in [0.4, 0.5) is 0 Å². The number of nitrogens with two attached hydrogens (primary N) is 1. The van der Waals surface area contributed by atoms with Gasteiger partial charge >= 0.3 is 0 Å². The molecule has 1 saturated carbocycles. The number of hydrogen-bond donors (Lipinski definition) is 1. The molecule has 1 aliphatic carbocycles. The first kappa shape index (κ1) is 11.0. The topological polar surface area (TPSA) is 26.0 Å². The van der Waals surface area contributed by atoms with Crippen molar-refractivity contribution in [2.75, 3.05) is 0 Å². The SMILES string of the molecule is Cc1cc(Cl)cc(C2(N)CCCC2)c1C. The standard InChI is InChI=1S/C13H18ClN/c1-9-7-11(14)8-12(10(9)2)13(15)5-3-4-6-13/h7-8H,3-6,15H2,1-2H3. The zero-order valence-electron chi connectivity index (χ0n) is 9.44. The van der Waals surface area contributed by atoms with Gasteiger partial charge in [0.05, 0.1) is 0 Å². The molecule has 0 atom stereocenters. The second-order valence-electron chi connectivity index (χ2n) is 4.76. The van der Waals surface area contributed by atoms with Gasteiger partial charge in [0.25, 0.3) is 0 Å². The predicted octanol–water partition coefficient (Wildman–Crippen LogP) is 3.68. The summed E-state index contributed by atoms with van der Waals surface area (Å²) in [6.45, 7) is 4.25. The van der Waals surface area contributed by atoms with Crippen LogP contribution in [0.5, 0.6) is 0 Å². The third-order valence-electron chi connectivity index (χ3n) is 3.66. The zero-order chi connectivity index (χ0) is 11.1. The van der Waals surface area contributed by atoms with Crippen LogP contribution < -0.4 is 5.73 Å². The van der Waals surface area contributed by atoms with Crippen LogP contribution in [-0.2, 0) is 5.54 Å². The Morgan fingerprint density at radius 3 is 2.40 bits per heavy atom. The minimum Gasteiger partial charge on any atom is -0.321 e. The van der Waals surface area contributed by atoms with Gasteiger partial charge in [0.1, 0.15) is 0 Å². The van der Waals surface area contributed by atoms with E-state index in [0.717, 1.165) is 17.9 Å². The fourth-order valence-corrected chi connectivity index (χ4v) is 2.88. The Kier molecular flexibility index (Phi) is 2.78. The van der Waals surface area contributed by atoms with Crippen LogP contribution in [-0.4, -0.2) is 0 Å². The molecule has 15 heavy (non-hydrogen) atoms. The molecule has 0 spiro atoms. The van der Waals surface area contributed by atoms with E-state index in [2.05, 4.69) is 19.9 Å². The van der Waals surface area contributed by atoms with E-state index >= 15 is 0 Å². The van der Waals surface area contributed by atoms with E-state index in [1.54, 1.807) is 0 Å². The van der Waals surface area contributed by atoms with Gasteiger partial charge in [0, 0.05) is 10.6 Å². The maximum Gasteiger partial charge on any atom is 0.0412 e. The van der Waals surface area contributed by atoms with Crippen molar-refractivity contribution in [2.45, 2.75) is 45.1 Å². The van der Waals surface area contributed by atoms with Crippen LogP contribution in [0.25, 0.3) is 0 Å². The molecule has 1 aromatic rings. The summed E-state index contributed by atoms with van der Waals surface area (Å²) in [6, 6.07) is 4.06. The van der Waals surface area contributed by atoms with Gasteiger partial charge in [-0.2, -0.15) is 0 Å². The summed E-state index contributed by atoms with van der Waals surface area (Å²) in [6.07, 6.45) is 4.66. The quantitative estimate of drug-likeness (QED) is 0.772. The Labute approximate surface area is 96.6 Å². The first-order valence-corrected chi connectivity index (χ1v) is 5.97. The van der Waals surface area contributed by atoms with E-state index in [4.69, 9.17) is 17.3 Å². The molecule has 82 valence electrons. The minimum atomic E-state index is -0.125. The molecule has 1 aromatic carbocycles. The Hall–Kier alpha value is -0.530. The van der Waals surface area contributed by atoms with Gasteiger partial charge in [-0.25, -0.2) is 0 Å². The van der Waals surface area contributed by atoms with E-state index in [0.29, 0.717) is 0 Å². The van der Waals surface area contributed by atoms with Gasteiger partial charge in [-0.1, -0.05) is 24.4 Å². The lowest BCUT2D eigenvalue weighted by molar-refractivity contribution is 0.459. The molecule has 2 heteroatoms. The minimum absolute atomic E-state index is 0.125. The van der Waals surface area contributed by atoms with Gasteiger partial charge in [-0.05, 0) is 55.5 Å². The Bertz CT molecular complexity index is 378. The molecule has 0 amide bonds. The summed E-state index contributed by atoms with van der Waals surface area (Å²) in [7, 11) is 0. The molecule has 2 N–H and O–H groups in total. The van der Waals surface area contributed by atoms with E-state index in [1.807, 2.05) is 6.07 Å². The average Bonchev–Trinajstić information content (AvgIpc) is 2.59. The average molecular weight is 224 g/mol. The summed E-state index contributed by atoms with van der Waals surface area (Å²) >= 11 is 6.11. The third kappa shape index (κ3) is 1.91. The van der Waals surface area contributed by atoms with Gasteiger partial charge < -0.3 is 5.73 Å². The van der Waals surface area contributed by atoms with Crippen LogP contribution in [0, 0.1) is 13.8 Å². The molecular formula is C13H18ClN. The van der Waals surface area contributed by atoms with E-state index in [9.17, 15) is 0 Å². The van der Waals surface area contributed by atoms with Gasteiger partial charge in [0.15, 0.2) is 0 Å². The lowest BCUT2D eigenvalue weighted by Gasteiger charge is -2.27. The normalized spacial score (nSPS) is 19.5. The van der Waals surface area contributed by atoms with Crippen LogP contribution >= 0.6 is 11.6 Å². The largest absolute Gasteiger partial charge is 0.321 e. The highest BCUT2D eigenvalue weighted by Crippen LogP contribution is 2.39. The van der Waals surface area contributed by atoms with Crippen molar-refractivity contribution in [3.63, 3.8) is 0 Å². The van der Waals surface area contributed by atoms with E-state index in [1.165, 1.54) is 29.5 Å². The molecule has 0 saturated heterocycles. The Balaban J connectivity index is 2.51. The lowest BCUT2D eigenvalue weighted by atomic mass is 9.85. The molecule has 0 aromatic heterocycles. The van der Waals surface area contributed by atoms with Gasteiger partial charge in [-0.15, -0.1) is 0 Å². The molecule has 2 rings (SSSR count). The molecule has 0 bridgehead atoms. The second kappa shape index (κ2) is 3.80. The lowest BCUT2D eigenvalue weighted by Crippen LogP contribution is -2.34. The molecule has 1 nitrogen and oxygen atoms in total. The van der Waals surface area contributed by atoms with E-state index < -0.39 is 0 Å². The summed E-state index contributed by atoms with van der Waals surface area (Å²) in [5.41, 5.74) is 10.1. The first-order valence-electron chi connectivity index (χ1n) is 5.59. The molecule has 1 fully saturated rings. The van der Waals surface area contributed by atoms with Crippen molar-refractivity contribution < 1.29 is 0 Å². The van der Waals surface area contributed by atoms with Crippen LogP contribution in [0.1, 0.15) is 42.4 Å². The maximum atomic E-state index is 6.46.